The van der Waals surface area contributed by atoms with Gasteiger partial charge in [-0.3, -0.25) is 9.89 Å². The van der Waals surface area contributed by atoms with Crippen LogP contribution in [0.4, 0.5) is 0 Å². The van der Waals surface area contributed by atoms with Crippen LogP contribution in [0.5, 0.6) is 0 Å². The van der Waals surface area contributed by atoms with Gasteiger partial charge in [0.1, 0.15) is 0 Å². The van der Waals surface area contributed by atoms with Crippen LogP contribution in [0.3, 0.4) is 0 Å². The van der Waals surface area contributed by atoms with Crippen LogP contribution >= 0.6 is 11.6 Å². The van der Waals surface area contributed by atoms with Crippen molar-refractivity contribution in [2.24, 2.45) is 4.99 Å². The number of halogens is 1. The Morgan fingerprint density at radius 3 is 3.11 bits per heavy atom. The van der Waals surface area contributed by atoms with Crippen molar-refractivity contribution < 1.29 is 5.73 Å². The molecule has 0 aromatic rings. The molecule has 5 heteroatoms. The summed E-state index contributed by atoms with van der Waals surface area (Å²) in [6, 6.07) is 0.412. The van der Waals surface area contributed by atoms with E-state index in [2.05, 4.69) is 40.0 Å². The first-order chi connectivity index (χ1) is 9.15. The van der Waals surface area contributed by atoms with E-state index in [-0.39, 0.29) is 5.50 Å². The van der Waals surface area contributed by atoms with Gasteiger partial charge in [0.25, 0.3) is 0 Å². The summed E-state index contributed by atoms with van der Waals surface area (Å²) >= 11 is 5.79. The molecular weight excluding hydrogens is 260 g/mol. The van der Waals surface area contributed by atoms with E-state index in [0.29, 0.717) is 6.04 Å². The average Bonchev–Trinajstić information content (AvgIpc) is 2.39. The number of hydrogen-bond donors (Lipinski definition) is 2. The topological polar surface area (TPSA) is 55.3 Å². The van der Waals surface area contributed by atoms with Crippen molar-refractivity contribution in [2.75, 3.05) is 19.6 Å². The van der Waals surface area contributed by atoms with Crippen LogP contribution in [-0.2, 0) is 0 Å². The van der Waals surface area contributed by atoms with Crippen LogP contribution in [0.15, 0.2) is 40.7 Å². The Bertz CT molecular complexity index is 423. The Morgan fingerprint density at radius 1 is 1.63 bits per heavy atom. The average molecular weight is 282 g/mol. The van der Waals surface area contributed by atoms with Crippen LogP contribution < -0.4 is 11.1 Å². The first-order valence-corrected chi connectivity index (χ1v) is 7.10. The minimum Gasteiger partial charge on any atom is -0.383 e. The fourth-order valence-corrected chi connectivity index (χ4v) is 2.42. The number of nitrogens with one attached hydrogen (secondary N) is 1. The van der Waals surface area contributed by atoms with Crippen molar-refractivity contribution in [2.45, 2.75) is 24.9 Å². The minimum absolute atomic E-state index is 0.248. The molecule has 0 aromatic heterocycles. The van der Waals surface area contributed by atoms with Crippen LogP contribution in [0.1, 0.15) is 13.3 Å². The van der Waals surface area contributed by atoms with E-state index in [1.165, 1.54) is 5.57 Å². The summed E-state index contributed by atoms with van der Waals surface area (Å²) < 4.78 is 0. The Hall–Kier alpha value is -1.10. The summed E-state index contributed by atoms with van der Waals surface area (Å²) in [6.07, 6.45) is 11.0. The van der Waals surface area contributed by atoms with Crippen LogP contribution in [-0.4, -0.2) is 42.3 Å². The van der Waals surface area contributed by atoms with Crippen molar-refractivity contribution in [3.8, 4) is 0 Å². The van der Waals surface area contributed by atoms with Gasteiger partial charge in [0.2, 0.25) is 0 Å². The molecule has 19 heavy (non-hydrogen) atoms. The molecular formula is C14H22ClN4+. The number of quaternary nitrogens is 1. The molecule has 2 aliphatic rings. The third-order valence-corrected chi connectivity index (χ3v) is 3.44. The molecule has 0 saturated heterocycles. The molecule has 2 atom stereocenters. The van der Waals surface area contributed by atoms with Gasteiger partial charge in [-0.05, 0) is 24.8 Å². The molecule has 2 unspecified atom stereocenters. The maximum absolute atomic E-state index is 5.79. The first-order valence-electron chi connectivity index (χ1n) is 6.67. The van der Waals surface area contributed by atoms with Crippen molar-refractivity contribution >= 4 is 17.8 Å². The van der Waals surface area contributed by atoms with E-state index in [1.54, 1.807) is 6.21 Å². The van der Waals surface area contributed by atoms with E-state index >= 15 is 0 Å². The summed E-state index contributed by atoms with van der Waals surface area (Å²) in [6.45, 7) is 5.20. The molecule has 104 valence electrons. The highest BCUT2D eigenvalue weighted by Crippen LogP contribution is 2.19. The number of dihydropyridines is 1. The fraction of sp³-hybridized carbons (Fsp3) is 0.500. The molecule has 2 aliphatic heterocycles. The van der Waals surface area contributed by atoms with Crippen LogP contribution in [0.2, 0.25) is 0 Å². The van der Waals surface area contributed by atoms with Gasteiger partial charge in [-0.2, -0.15) is 0 Å². The molecule has 0 bridgehead atoms. The molecule has 0 aromatic carbocycles. The normalized spacial score (nSPS) is 25.9. The maximum Gasteiger partial charge on any atom is 0.196 e. The molecule has 0 aliphatic carbocycles. The molecule has 0 amide bonds. The second-order valence-electron chi connectivity index (χ2n) is 5.02. The van der Waals surface area contributed by atoms with E-state index in [0.717, 1.165) is 31.8 Å². The maximum atomic E-state index is 5.79. The number of aliphatic imine (C=N–C) groups is 1. The highest BCUT2D eigenvalue weighted by atomic mass is 35.5. The Balaban J connectivity index is 1.88. The van der Waals surface area contributed by atoms with E-state index < -0.39 is 0 Å². The van der Waals surface area contributed by atoms with Gasteiger partial charge in [-0.25, -0.2) is 0 Å². The number of nitrogens with zero attached hydrogens (tertiary/aromatic N) is 2. The standard InChI is InChI=1S/C14H21ClN4/c1-11-9-19(10-12-4-2-3-6-17-12)7-5-13(11)18-8-14(15)16/h2-4,6,8,12,14,17H,5,7,9-10,16H2,1H3/p+1. The van der Waals surface area contributed by atoms with Crippen LogP contribution in [0.25, 0.3) is 0 Å². The summed E-state index contributed by atoms with van der Waals surface area (Å²) in [4.78, 5) is 6.89. The minimum atomic E-state index is -0.248. The van der Waals surface area contributed by atoms with Gasteiger partial charge in [0.05, 0.1) is 12.3 Å². The molecule has 4 N–H and O–H groups in total. The number of allylic oxidation sites excluding steroid dienone is 2. The first kappa shape index (κ1) is 14.3. The third-order valence-electron chi connectivity index (χ3n) is 3.33. The van der Waals surface area contributed by atoms with Crippen molar-refractivity contribution in [1.29, 1.82) is 0 Å². The summed E-state index contributed by atoms with van der Waals surface area (Å²) in [5.74, 6) is 0. The van der Waals surface area contributed by atoms with Crippen molar-refractivity contribution in [1.82, 2.24) is 10.2 Å². The zero-order valence-electron chi connectivity index (χ0n) is 11.3. The summed E-state index contributed by atoms with van der Waals surface area (Å²) in [7, 11) is 0. The molecule has 0 saturated carbocycles. The molecule has 0 radical (unpaired) electrons. The predicted molar refractivity (Wildman–Crippen MR) is 80.0 cm³/mol. The molecule has 0 fully saturated rings. The smallest absolute Gasteiger partial charge is 0.196 e. The number of hydrogen-bond acceptors (Lipinski definition) is 3. The SMILES string of the molecule is CC1=C(N=CC([NH3+])Cl)CCN(CC2C=CC=CN2)C1. The lowest BCUT2D eigenvalue weighted by Gasteiger charge is -2.31. The lowest BCUT2D eigenvalue weighted by Crippen LogP contribution is -2.58. The fourth-order valence-electron chi connectivity index (χ4n) is 2.36. The Labute approximate surface area is 119 Å². The highest BCUT2D eigenvalue weighted by Gasteiger charge is 2.18. The van der Waals surface area contributed by atoms with Crippen molar-refractivity contribution in [3.63, 3.8) is 0 Å². The molecule has 0 spiro atoms. The van der Waals surface area contributed by atoms with E-state index in [4.69, 9.17) is 11.6 Å². The molecule has 2 rings (SSSR count). The zero-order chi connectivity index (χ0) is 13.7. The number of rotatable bonds is 4. The predicted octanol–water partition coefficient (Wildman–Crippen LogP) is 0.885. The van der Waals surface area contributed by atoms with Gasteiger partial charge in [-0.15, -0.1) is 0 Å². The molecule has 4 nitrogen and oxygen atoms in total. The Kier molecular flexibility index (Phi) is 5.19. The van der Waals surface area contributed by atoms with Crippen molar-refractivity contribution in [3.05, 3.63) is 35.7 Å². The number of alkyl halides is 1. The lowest BCUT2D eigenvalue weighted by atomic mass is 10.1. The lowest BCUT2D eigenvalue weighted by molar-refractivity contribution is -0.365. The third kappa shape index (κ3) is 4.49. The summed E-state index contributed by atoms with van der Waals surface area (Å²) in [5.41, 5.74) is 5.95. The Morgan fingerprint density at radius 2 is 2.47 bits per heavy atom. The zero-order valence-corrected chi connectivity index (χ0v) is 12.1. The molecule has 2 heterocycles. The quantitative estimate of drug-likeness (QED) is 0.457. The van der Waals surface area contributed by atoms with Gasteiger partial charge < -0.3 is 11.1 Å². The van der Waals surface area contributed by atoms with Gasteiger partial charge >= 0.3 is 0 Å². The highest BCUT2D eigenvalue weighted by molar-refractivity contribution is 6.26. The van der Waals surface area contributed by atoms with Gasteiger partial charge in [-0.1, -0.05) is 23.8 Å². The van der Waals surface area contributed by atoms with Gasteiger partial charge in [0, 0.05) is 31.8 Å². The second-order valence-corrected chi connectivity index (χ2v) is 5.58. The van der Waals surface area contributed by atoms with Gasteiger partial charge in [0.15, 0.2) is 5.50 Å². The monoisotopic (exact) mass is 281 g/mol. The van der Waals surface area contributed by atoms with E-state index in [1.807, 2.05) is 12.3 Å². The second kappa shape index (κ2) is 6.89. The summed E-state index contributed by atoms with van der Waals surface area (Å²) in [5, 5.41) is 3.35. The van der Waals surface area contributed by atoms with E-state index in [9.17, 15) is 0 Å². The largest absolute Gasteiger partial charge is 0.383 e. The van der Waals surface area contributed by atoms with Crippen LogP contribution in [0, 0.1) is 0 Å².